The van der Waals surface area contributed by atoms with E-state index >= 15 is 0 Å². The number of unbranched alkanes of at least 4 members (excludes halogenated alkanes) is 1. The van der Waals surface area contributed by atoms with Crippen LogP contribution in [0.3, 0.4) is 0 Å². The standard InChI is InChI=1S/C6H9N3O2.C6H14N2O2.C6H13NO2.C5H11NO2S/c7-5(6(10)11)1-4-2-8-3-9-4;7-4-2-1-3-5(8)6(9)10;1-3-4(2)5(7)6(8)9;1-9-3-2-4(6)5(7)8/h2-3,5H,1,7H2,(H,8,9)(H,10,11);5H,1-4,7-8H2,(H,9,10);4-5H,3,7H2,1-2H3,(H,8,9);4H,2-3,6H2,1H3,(H,7,8)/t2*5-;4-,5-;4-/m0000/s1. The van der Waals surface area contributed by atoms with Gasteiger partial charge in [-0.2, -0.15) is 11.8 Å². The molecule has 5 atom stereocenters. The largest absolute Gasteiger partial charge is 0.480 e. The fourth-order valence-corrected chi connectivity index (χ4v) is 2.71. The zero-order valence-electron chi connectivity index (χ0n) is 22.9. The Morgan fingerprint density at radius 3 is 1.74 bits per heavy atom. The van der Waals surface area contributed by atoms with Gasteiger partial charge in [0.05, 0.1) is 6.33 Å². The van der Waals surface area contributed by atoms with Gasteiger partial charge in [-0.3, -0.25) is 19.2 Å². The van der Waals surface area contributed by atoms with E-state index in [1.165, 1.54) is 6.33 Å². The van der Waals surface area contributed by atoms with Gasteiger partial charge in [0.1, 0.15) is 24.2 Å². The molecule has 228 valence electrons. The normalized spacial score (nSPS) is 13.8. The predicted octanol–water partition coefficient (Wildman–Crippen LogP) is -0.513. The van der Waals surface area contributed by atoms with Crippen molar-refractivity contribution in [3.8, 4) is 0 Å². The Balaban J connectivity index is -0.000000445. The molecule has 0 amide bonds. The molecule has 0 saturated heterocycles. The lowest BCUT2D eigenvalue weighted by Crippen LogP contribution is -2.36. The topological polar surface area (TPSA) is 308 Å². The zero-order chi connectivity index (χ0) is 31.0. The lowest BCUT2D eigenvalue weighted by atomic mass is 10.0. The highest BCUT2D eigenvalue weighted by Crippen LogP contribution is 2.04. The van der Waals surface area contributed by atoms with Gasteiger partial charge in [-0.1, -0.05) is 26.7 Å². The van der Waals surface area contributed by atoms with Crippen LogP contribution in [0.25, 0.3) is 0 Å². The van der Waals surface area contributed by atoms with E-state index in [-0.39, 0.29) is 12.3 Å². The van der Waals surface area contributed by atoms with Crippen molar-refractivity contribution in [3.63, 3.8) is 0 Å². The number of rotatable bonds is 15. The Bertz CT molecular complexity index is 787. The number of carboxylic acids is 4. The van der Waals surface area contributed by atoms with Crippen molar-refractivity contribution in [1.82, 2.24) is 9.97 Å². The summed E-state index contributed by atoms with van der Waals surface area (Å²) >= 11 is 1.60. The highest BCUT2D eigenvalue weighted by atomic mass is 32.2. The van der Waals surface area contributed by atoms with Crippen molar-refractivity contribution in [3.05, 3.63) is 18.2 Å². The molecule has 0 fully saturated rings. The van der Waals surface area contributed by atoms with E-state index in [1.54, 1.807) is 18.0 Å². The van der Waals surface area contributed by atoms with E-state index < -0.39 is 48.0 Å². The first kappa shape index (κ1) is 40.7. The molecule has 0 aromatic carbocycles. The van der Waals surface area contributed by atoms with Gasteiger partial charge in [-0.15, -0.1) is 0 Å². The third kappa shape index (κ3) is 25.3. The van der Waals surface area contributed by atoms with E-state index in [2.05, 4.69) is 9.97 Å². The molecule has 1 aromatic rings. The number of carboxylic acid groups (broad SMARTS) is 4. The van der Waals surface area contributed by atoms with Gasteiger partial charge in [0.25, 0.3) is 0 Å². The summed E-state index contributed by atoms with van der Waals surface area (Å²) in [4.78, 5) is 47.1. The van der Waals surface area contributed by atoms with Crippen LogP contribution in [0.2, 0.25) is 0 Å². The van der Waals surface area contributed by atoms with Crippen LogP contribution in [0.1, 0.15) is 51.6 Å². The van der Waals surface area contributed by atoms with Crippen LogP contribution < -0.4 is 28.7 Å². The number of nitrogens with zero attached hydrogens (tertiary/aromatic N) is 1. The molecule has 39 heavy (non-hydrogen) atoms. The average molecular weight is 582 g/mol. The summed E-state index contributed by atoms with van der Waals surface area (Å²) in [5.41, 5.74) is 26.9. The fourth-order valence-electron chi connectivity index (χ4n) is 2.22. The van der Waals surface area contributed by atoms with Gasteiger partial charge < -0.3 is 54.1 Å². The number of H-pyrrole nitrogens is 1. The number of aromatic amines is 1. The maximum absolute atomic E-state index is 10.3. The summed E-state index contributed by atoms with van der Waals surface area (Å²) in [5.74, 6) is -2.87. The Morgan fingerprint density at radius 2 is 1.41 bits per heavy atom. The van der Waals surface area contributed by atoms with Crippen LogP contribution in [-0.2, 0) is 25.6 Å². The van der Waals surface area contributed by atoms with Crippen molar-refractivity contribution >= 4 is 35.6 Å². The molecule has 1 heterocycles. The molecule has 1 aromatic heterocycles. The molecule has 0 bridgehead atoms. The Hall–Kier alpha value is -2.76. The van der Waals surface area contributed by atoms with Crippen LogP contribution in [0.15, 0.2) is 12.5 Å². The number of thioether (sulfide) groups is 1. The van der Waals surface area contributed by atoms with Gasteiger partial charge in [0.15, 0.2) is 0 Å². The number of aliphatic carboxylic acids is 4. The SMILES string of the molecule is CC[C@H](C)[C@H](N)C(=O)O.CSCC[C@H](N)C(=O)O.NCCCC[C@H](N)C(=O)O.N[C@@H](Cc1cnc[nH]1)C(=O)O. The van der Waals surface area contributed by atoms with E-state index in [0.29, 0.717) is 19.4 Å². The lowest BCUT2D eigenvalue weighted by Gasteiger charge is -2.11. The zero-order valence-corrected chi connectivity index (χ0v) is 23.7. The van der Waals surface area contributed by atoms with E-state index in [1.807, 2.05) is 20.1 Å². The first-order valence-corrected chi connectivity index (χ1v) is 13.6. The molecule has 15 N–H and O–H groups in total. The van der Waals surface area contributed by atoms with Crippen molar-refractivity contribution in [1.29, 1.82) is 0 Å². The molecule has 15 nitrogen and oxygen atoms in total. The van der Waals surface area contributed by atoms with Gasteiger partial charge in [-0.25, -0.2) is 4.98 Å². The van der Waals surface area contributed by atoms with Gasteiger partial charge in [0, 0.05) is 18.3 Å². The van der Waals surface area contributed by atoms with Gasteiger partial charge in [-0.05, 0) is 43.7 Å². The summed E-state index contributed by atoms with van der Waals surface area (Å²) in [6, 6.07) is -2.95. The number of carbonyl (C=O) groups is 4. The number of hydrogen-bond donors (Lipinski definition) is 10. The number of aromatic nitrogens is 2. The first-order valence-electron chi connectivity index (χ1n) is 12.3. The summed E-state index contributed by atoms with van der Waals surface area (Å²) in [5, 5.41) is 33.4. The van der Waals surface area contributed by atoms with Crippen LogP contribution in [0.5, 0.6) is 0 Å². The van der Waals surface area contributed by atoms with Crippen LogP contribution in [0, 0.1) is 5.92 Å². The molecular formula is C23H47N7O8S. The van der Waals surface area contributed by atoms with Crippen molar-refractivity contribution in [2.24, 2.45) is 34.6 Å². The molecule has 0 aliphatic rings. The minimum Gasteiger partial charge on any atom is -0.480 e. The fraction of sp³-hybridized carbons (Fsp3) is 0.696. The highest BCUT2D eigenvalue weighted by Gasteiger charge is 2.17. The quantitative estimate of drug-likeness (QED) is 0.117. The highest BCUT2D eigenvalue weighted by molar-refractivity contribution is 7.98. The van der Waals surface area contributed by atoms with Gasteiger partial charge in [0.2, 0.25) is 0 Å². The summed E-state index contributed by atoms with van der Waals surface area (Å²) in [6.07, 6.45) is 8.79. The van der Waals surface area contributed by atoms with Crippen LogP contribution in [0.4, 0.5) is 0 Å². The Kier molecular flexibility index (Phi) is 26.6. The lowest BCUT2D eigenvalue weighted by molar-refractivity contribution is -0.140. The number of nitrogens with one attached hydrogen (secondary N) is 1. The second-order valence-electron chi connectivity index (χ2n) is 8.43. The molecular weight excluding hydrogens is 534 g/mol. The van der Waals surface area contributed by atoms with Crippen molar-refractivity contribution in [2.75, 3.05) is 18.6 Å². The summed E-state index contributed by atoms with van der Waals surface area (Å²) < 4.78 is 0. The molecule has 16 heteroatoms. The third-order valence-electron chi connectivity index (χ3n) is 5.09. The monoisotopic (exact) mass is 581 g/mol. The maximum Gasteiger partial charge on any atom is 0.320 e. The number of hydrogen-bond acceptors (Lipinski definition) is 11. The third-order valence-corrected chi connectivity index (χ3v) is 5.73. The smallest absolute Gasteiger partial charge is 0.320 e. The van der Waals surface area contributed by atoms with Crippen LogP contribution >= 0.6 is 11.8 Å². The molecule has 0 unspecified atom stereocenters. The second kappa shape index (κ2) is 25.5. The van der Waals surface area contributed by atoms with Gasteiger partial charge >= 0.3 is 23.9 Å². The Labute approximate surface area is 233 Å². The molecule has 0 spiro atoms. The molecule has 0 saturated carbocycles. The van der Waals surface area contributed by atoms with Crippen LogP contribution in [-0.4, -0.2) is 97.0 Å². The minimum absolute atomic E-state index is 0.0718. The predicted molar refractivity (Wildman–Crippen MR) is 150 cm³/mol. The molecule has 0 aliphatic heterocycles. The molecule has 1 rings (SSSR count). The average Bonchev–Trinajstić information content (AvgIpc) is 3.40. The summed E-state index contributed by atoms with van der Waals surface area (Å²) in [6.45, 7) is 4.36. The van der Waals surface area contributed by atoms with E-state index in [4.69, 9.17) is 49.1 Å². The minimum atomic E-state index is -1.00. The number of imidazole rings is 1. The maximum atomic E-state index is 10.3. The molecule has 0 aliphatic carbocycles. The van der Waals surface area contributed by atoms with E-state index in [0.717, 1.165) is 30.7 Å². The van der Waals surface area contributed by atoms with Crippen molar-refractivity contribution < 1.29 is 39.6 Å². The molecule has 0 radical (unpaired) electrons. The Morgan fingerprint density at radius 1 is 0.897 bits per heavy atom. The van der Waals surface area contributed by atoms with E-state index in [9.17, 15) is 19.2 Å². The first-order chi connectivity index (χ1) is 18.2. The second-order valence-corrected chi connectivity index (χ2v) is 9.42. The van der Waals surface area contributed by atoms with Crippen molar-refractivity contribution in [2.45, 2.75) is 76.5 Å². The number of nitrogens with two attached hydrogens (primary N) is 5. The summed E-state index contributed by atoms with van der Waals surface area (Å²) in [7, 11) is 0.